The molecule has 3 nitrogen and oxygen atoms in total. The molecule has 0 aromatic heterocycles. The second kappa shape index (κ2) is 9.96. The number of hydrogen-bond acceptors (Lipinski definition) is 2. The average Bonchev–Trinajstić information content (AvgIpc) is 2.88. The first-order valence-corrected chi connectivity index (χ1v) is 18.2. The number of hydrogen-bond donors (Lipinski definition) is 1. The van der Waals surface area contributed by atoms with Crippen LogP contribution in [0.15, 0.2) is 24.3 Å². The van der Waals surface area contributed by atoms with Gasteiger partial charge in [-0.15, -0.1) is 0 Å². The van der Waals surface area contributed by atoms with Crippen LogP contribution in [0.1, 0.15) is 81.4 Å². The summed E-state index contributed by atoms with van der Waals surface area (Å²) in [5.41, 5.74) is 1.51. The summed E-state index contributed by atoms with van der Waals surface area (Å²) in [5.74, 6) is 0.0497. The molecule has 0 spiro atoms. The number of amides is 1. The Kier molecular flexibility index (Phi) is 8.27. The van der Waals surface area contributed by atoms with Gasteiger partial charge in [-0.1, -0.05) is 0 Å². The molecule has 0 aliphatic carbocycles. The summed E-state index contributed by atoms with van der Waals surface area (Å²) in [6.07, 6.45) is 6.82. The first-order chi connectivity index (χ1) is 12.1. The van der Waals surface area contributed by atoms with Gasteiger partial charge in [0.25, 0.3) is 0 Å². The minimum atomic E-state index is -2.49. The van der Waals surface area contributed by atoms with Crippen LogP contribution in [0.2, 0.25) is 13.3 Å². The topological polar surface area (TPSA) is 40.5 Å². The molecule has 4 heteroatoms. The number of unbranched alkanes of at least 4 members (excludes halogenated alkanes) is 3. The molecular formula is C21H35NO2Sn. The predicted molar refractivity (Wildman–Crippen MR) is 107 cm³/mol. The normalized spacial score (nSPS) is 17.2. The Morgan fingerprint density at radius 1 is 0.960 bits per heavy atom. The Labute approximate surface area is 157 Å². The Morgan fingerprint density at radius 2 is 1.48 bits per heavy atom. The van der Waals surface area contributed by atoms with E-state index >= 15 is 0 Å². The minimum absolute atomic E-state index is 0.0497. The molecular weight excluding hydrogens is 417 g/mol. The van der Waals surface area contributed by atoms with Gasteiger partial charge in [-0.25, -0.2) is 0 Å². The number of fused-ring (bicyclic) bond motifs is 1. The maximum absolute atomic E-state index is 12.9. The first-order valence-electron chi connectivity index (χ1n) is 10.2. The predicted octanol–water partition coefficient (Wildman–Crippen LogP) is 5.52. The molecule has 2 rings (SSSR count). The molecule has 1 aliphatic rings. The van der Waals surface area contributed by atoms with Gasteiger partial charge < -0.3 is 0 Å². The summed E-state index contributed by atoms with van der Waals surface area (Å²) in [6.45, 7) is 6.80. The van der Waals surface area contributed by atoms with Crippen molar-refractivity contribution in [3.8, 4) is 0 Å². The van der Waals surface area contributed by atoms with Crippen molar-refractivity contribution < 1.29 is 9.90 Å². The Morgan fingerprint density at radius 3 is 1.96 bits per heavy atom. The number of carbonyl (C=O) groups excluding carboxylic acids is 1. The third-order valence-electron chi connectivity index (χ3n) is 5.71. The van der Waals surface area contributed by atoms with Crippen LogP contribution in [-0.4, -0.2) is 38.9 Å². The SMILES string of the molecule is CCC[CH2][Sn]([CH2]CCC)([CH2]CCC)[CH2]N1C(=O)c2ccccc2C1O. The van der Waals surface area contributed by atoms with E-state index in [4.69, 9.17) is 0 Å². The van der Waals surface area contributed by atoms with E-state index in [1.54, 1.807) is 0 Å². The summed E-state index contributed by atoms with van der Waals surface area (Å²) in [6, 6.07) is 7.58. The molecule has 1 aromatic rings. The number of benzene rings is 1. The molecule has 25 heavy (non-hydrogen) atoms. The van der Waals surface area contributed by atoms with Crippen molar-refractivity contribution in [2.24, 2.45) is 0 Å². The number of rotatable bonds is 11. The van der Waals surface area contributed by atoms with Crippen molar-refractivity contribution >= 4 is 24.3 Å². The Hall–Kier alpha value is -0.551. The molecule has 0 bridgehead atoms. The monoisotopic (exact) mass is 453 g/mol. The summed E-state index contributed by atoms with van der Waals surface area (Å²) in [7, 11) is 0. The second-order valence-corrected chi connectivity index (χ2v) is 21.5. The van der Waals surface area contributed by atoms with E-state index in [1.165, 1.54) is 51.8 Å². The number of nitrogens with zero attached hydrogens (tertiary/aromatic N) is 1. The number of carbonyl (C=O) groups is 1. The van der Waals surface area contributed by atoms with Gasteiger partial charge in [-0.05, 0) is 0 Å². The van der Waals surface area contributed by atoms with Gasteiger partial charge in [0.1, 0.15) is 0 Å². The molecule has 1 atom stereocenters. The fraction of sp³-hybridized carbons (Fsp3) is 0.667. The number of aliphatic hydroxyl groups is 1. The molecule has 1 aliphatic heterocycles. The fourth-order valence-electron chi connectivity index (χ4n) is 4.14. The van der Waals surface area contributed by atoms with E-state index in [1.807, 2.05) is 29.2 Å². The van der Waals surface area contributed by atoms with Gasteiger partial charge in [0, 0.05) is 0 Å². The molecule has 0 fully saturated rings. The van der Waals surface area contributed by atoms with E-state index < -0.39 is 24.6 Å². The van der Waals surface area contributed by atoms with Crippen molar-refractivity contribution in [3.05, 3.63) is 35.4 Å². The molecule has 1 aromatic carbocycles. The van der Waals surface area contributed by atoms with Crippen LogP contribution in [0.5, 0.6) is 0 Å². The van der Waals surface area contributed by atoms with Crippen molar-refractivity contribution in [1.82, 2.24) is 4.90 Å². The average molecular weight is 452 g/mol. The van der Waals surface area contributed by atoms with Crippen molar-refractivity contribution in [1.29, 1.82) is 0 Å². The van der Waals surface area contributed by atoms with Gasteiger partial charge in [0.15, 0.2) is 0 Å². The zero-order valence-corrected chi connectivity index (χ0v) is 19.1. The van der Waals surface area contributed by atoms with E-state index in [2.05, 4.69) is 20.8 Å². The van der Waals surface area contributed by atoms with Crippen molar-refractivity contribution in [2.45, 2.75) is 78.8 Å². The van der Waals surface area contributed by atoms with Gasteiger partial charge in [-0.2, -0.15) is 0 Å². The Bertz CT molecular complexity index is 539. The second-order valence-electron chi connectivity index (χ2n) is 7.70. The van der Waals surface area contributed by atoms with Crippen LogP contribution in [-0.2, 0) is 0 Å². The number of aliphatic hydroxyl groups excluding tert-OH is 1. The zero-order chi connectivity index (χ0) is 18.3. The third-order valence-corrected chi connectivity index (χ3v) is 20.7. The zero-order valence-electron chi connectivity index (χ0n) is 16.3. The first kappa shape index (κ1) is 20.8. The van der Waals surface area contributed by atoms with E-state index in [0.29, 0.717) is 5.56 Å². The van der Waals surface area contributed by atoms with Crippen molar-refractivity contribution in [2.75, 3.05) is 4.56 Å². The fourth-order valence-corrected chi connectivity index (χ4v) is 20.0. The molecule has 0 saturated heterocycles. The quantitative estimate of drug-likeness (QED) is 0.450. The van der Waals surface area contributed by atoms with Crippen LogP contribution in [0.4, 0.5) is 0 Å². The molecule has 0 radical (unpaired) electrons. The summed E-state index contributed by atoms with van der Waals surface area (Å²) in [4.78, 5) is 14.7. The van der Waals surface area contributed by atoms with Crippen LogP contribution >= 0.6 is 0 Å². The third kappa shape index (κ3) is 5.00. The maximum atomic E-state index is 12.9. The molecule has 0 saturated carbocycles. The standard InChI is InChI=1S/C9H8NO2.3C4H9.Sn/c1-10-8(11)6-4-2-3-5-7(6)9(10)12;3*1-3-4-2;/h2-5,8,11H,1H2;3*1,3-4H2,2H3;. The van der Waals surface area contributed by atoms with Crippen LogP contribution in [0, 0.1) is 0 Å². The van der Waals surface area contributed by atoms with E-state index in [-0.39, 0.29) is 5.91 Å². The molecule has 140 valence electrons. The van der Waals surface area contributed by atoms with Crippen LogP contribution in [0.3, 0.4) is 0 Å². The van der Waals surface area contributed by atoms with Crippen LogP contribution < -0.4 is 0 Å². The summed E-state index contributed by atoms with van der Waals surface area (Å²) < 4.78 is 4.97. The summed E-state index contributed by atoms with van der Waals surface area (Å²) >= 11 is -2.49. The van der Waals surface area contributed by atoms with Gasteiger partial charge in [0.05, 0.1) is 0 Å². The molecule has 1 unspecified atom stereocenters. The Balaban J connectivity index is 2.23. The van der Waals surface area contributed by atoms with E-state index in [0.717, 1.165) is 10.1 Å². The molecule has 1 amide bonds. The van der Waals surface area contributed by atoms with Gasteiger partial charge >= 0.3 is 158 Å². The van der Waals surface area contributed by atoms with E-state index in [9.17, 15) is 9.90 Å². The van der Waals surface area contributed by atoms with Crippen molar-refractivity contribution in [3.63, 3.8) is 0 Å². The van der Waals surface area contributed by atoms with Crippen LogP contribution in [0.25, 0.3) is 0 Å². The van der Waals surface area contributed by atoms with Gasteiger partial charge in [-0.3, -0.25) is 0 Å². The summed E-state index contributed by atoms with van der Waals surface area (Å²) in [5, 5.41) is 10.8. The van der Waals surface area contributed by atoms with Gasteiger partial charge in [0.2, 0.25) is 0 Å². The molecule has 1 N–H and O–H groups in total. The molecule has 1 heterocycles.